The van der Waals surface area contributed by atoms with Gasteiger partial charge < -0.3 is 10.6 Å². The van der Waals surface area contributed by atoms with Crippen molar-refractivity contribution in [3.8, 4) is 0 Å². The molecule has 0 spiro atoms. The minimum absolute atomic E-state index is 0.260. The summed E-state index contributed by atoms with van der Waals surface area (Å²) in [7, 11) is -1.50. The molecule has 0 saturated heterocycles. The number of hydrogen-bond donors (Lipinski definition) is 3. The first-order valence-corrected chi connectivity index (χ1v) is 8.16. The fourth-order valence-corrected chi connectivity index (χ4v) is 2.10. The summed E-state index contributed by atoms with van der Waals surface area (Å²) >= 11 is 5.91. The first kappa shape index (κ1) is 16.7. The van der Waals surface area contributed by atoms with Crippen LogP contribution in [0, 0.1) is 0 Å². The van der Waals surface area contributed by atoms with Crippen molar-refractivity contribution in [3.63, 3.8) is 0 Å². The van der Waals surface area contributed by atoms with Crippen LogP contribution in [0.2, 0.25) is 5.02 Å². The van der Waals surface area contributed by atoms with Gasteiger partial charge in [-0.1, -0.05) is 11.6 Å². The van der Waals surface area contributed by atoms with Gasteiger partial charge in [-0.2, -0.15) is 0 Å². The Kier molecular flexibility index (Phi) is 6.18. The van der Waals surface area contributed by atoms with E-state index in [1.165, 1.54) is 6.20 Å². The van der Waals surface area contributed by atoms with E-state index < -0.39 is 10.0 Å². The number of carbonyl (C=O) groups is 1. The van der Waals surface area contributed by atoms with Gasteiger partial charge in [-0.25, -0.2) is 18.1 Å². The second kappa shape index (κ2) is 7.41. The molecular weight excluding hydrogens is 304 g/mol. The van der Waals surface area contributed by atoms with Crippen LogP contribution in [0.5, 0.6) is 0 Å². The van der Waals surface area contributed by atoms with Gasteiger partial charge in [0.25, 0.3) is 5.91 Å². The van der Waals surface area contributed by atoms with Crippen LogP contribution in [0.1, 0.15) is 16.8 Å². The maximum atomic E-state index is 11.9. The molecule has 1 aromatic heterocycles. The SMILES string of the molecule is CNc1cc(C(=O)NCCCNS(C)(=O)=O)c(Cl)cn1. The van der Waals surface area contributed by atoms with Crippen molar-refractivity contribution < 1.29 is 13.2 Å². The van der Waals surface area contributed by atoms with E-state index in [0.717, 1.165) is 6.26 Å². The van der Waals surface area contributed by atoms with E-state index in [4.69, 9.17) is 11.6 Å². The number of halogens is 1. The topological polar surface area (TPSA) is 100 Å². The van der Waals surface area contributed by atoms with Crippen LogP contribution in [0.4, 0.5) is 5.82 Å². The second-order valence-electron chi connectivity index (χ2n) is 4.08. The Morgan fingerprint density at radius 1 is 1.40 bits per heavy atom. The van der Waals surface area contributed by atoms with Gasteiger partial charge >= 0.3 is 0 Å². The number of sulfonamides is 1. The van der Waals surface area contributed by atoms with E-state index >= 15 is 0 Å². The molecule has 20 heavy (non-hydrogen) atoms. The van der Waals surface area contributed by atoms with E-state index in [9.17, 15) is 13.2 Å². The van der Waals surface area contributed by atoms with E-state index in [-0.39, 0.29) is 17.5 Å². The highest BCUT2D eigenvalue weighted by Gasteiger charge is 2.11. The number of aromatic nitrogens is 1. The molecule has 0 aromatic carbocycles. The minimum Gasteiger partial charge on any atom is -0.373 e. The van der Waals surface area contributed by atoms with E-state index in [2.05, 4.69) is 20.3 Å². The Balaban J connectivity index is 2.47. The predicted octanol–water partition coefficient (Wildman–Crippen LogP) is 0.446. The lowest BCUT2D eigenvalue weighted by atomic mass is 10.2. The molecule has 112 valence electrons. The lowest BCUT2D eigenvalue weighted by Crippen LogP contribution is -2.29. The maximum absolute atomic E-state index is 11.9. The van der Waals surface area contributed by atoms with Crippen LogP contribution in [0.3, 0.4) is 0 Å². The Labute approximate surface area is 123 Å². The normalized spacial score (nSPS) is 11.2. The number of carbonyl (C=O) groups excluding carboxylic acids is 1. The Morgan fingerprint density at radius 2 is 2.10 bits per heavy atom. The predicted molar refractivity (Wildman–Crippen MR) is 78.6 cm³/mol. The van der Waals surface area contributed by atoms with Crippen LogP contribution in [0.15, 0.2) is 12.3 Å². The summed E-state index contributed by atoms with van der Waals surface area (Å²) in [6, 6.07) is 1.55. The molecule has 9 heteroatoms. The molecule has 1 amide bonds. The van der Waals surface area contributed by atoms with Crippen molar-refractivity contribution >= 4 is 33.3 Å². The molecule has 0 aliphatic carbocycles. The van der Waals surface area contributed by atoms with Crippen molar-refractivity contribution in [2.45, 2.75) is 6.42 Å². The van der Waals surface area contributed by atoms with Crippen LogP contribution in [-0.4, -0.2) is 45.7 Å². The number of rotatable bonds is 7. The quantitative estimate of drug-likeness (QED) is 0.633. The molecule has 0 unspecified atom stereocenters. The average Bonchev–Trinajstić information content (AvgIpc) is 2.37. The van der Waals surface area contributed by atoms with Gasteiger partial charge in [-0.3, -0.25) is 4.79 Å². The Morgan fingerprint density at radius 3 is 2.70 bits per heavy atom. The van der Waals surface area contributed by atoms with Crippen molar-refractivity contribution in [2.24, 2.45) is 0 Å². The van der Waals surface area contributed by atoms with Gasteiger partial charge in [0.2, 0.25) is 10.0 Å². The number of pyridine rings is 1. The van der Waals surface area contributed by atoms with Gasteiger partial charge in [-0.05, 0) is 12.5 Å². The molecular formula is C11H17ClN4O3S. The standard InChI is InChI=1S/C11H17ClN4O3S/c1-13-10-6-8(9(12)7-15-10)11(17)14-4-3-5-16-20(2,18)19/h6-7,16H,3-5H2,1-2H3,(H,13,15)(H,14,17). The Bertz CT molecular complexity index is 577. The third kappa shape index (κ3) is 5.72. The summed E-state index contributed by atoms with van der Waals surface area (Å²) in [5.41, 5.74) is 0.321. The average molecular weight is 321 g/mol. The second-order valence-corrected chi connectivity index (χ2v) is 6.32. The number of hydrogen-bond acceptors (Lipinski definition) is 5. The van der Waals surface area contributed by atoms with E-state index in [0.29, 0.717) is 24.3 Å². The number of nitrogens with zero attached hydrogens (tertiary/aromatic N) is 1. The smallest absolute Gasteiger partial charge is 0.252 e. The Hall–Kier alpha value is -1.38. The minimum atomic E-state index is -3.19. The third-order valence-electron chi connectivity index (χ3n) is 2.36. The number of anilines is 1. The van der Waals surface area contributed by atoms with Crippen LogP contribution in [-0.2, 0) is 10.0 Å². The van der Waals surface area contributed by atoms with Gasteiger partial charge in [0, 0.05) is 26.3 Å². The lowest BCUT2D eigenvalue weighted by molar-refractivity contribution is 0.0953. The van der Waals surface area contributed by atoms with Gasteiger partial charge in [0.05, 0.1) is 16.8 Å². The zero-order valence-corrected chi connectivity index (χ0v) is 12.8. The summed E-state index contributed by atoms with van der Waals surface area (Å²) in [5.74, 6) is 0.214. The molecule has 0 radical (unpaired) electrons. The summed E-state index contributed by atoms with van der Waals surface area (Å²) in [6.07, 6.45) is 2.97. The van der Waals surface area contributed by atoms with Gasteiger partial charge in [0.1, 0.15) is 5.82 Å². The molecule has 0 saturated carbocycles. The molecule has 1 rings (SSSR count). The molecule has 7 nitrogen and oxygen atoms in total. The fourth-order valence-electron chi connectivity index (χ4n) is 1.39. The third-order valence-corrected chi connectivity index (χ3v) is 3.39. The zero-order chi connectivity index (χ0) is 15.2. The number of nitrogens with one attached hydrogen (secondary N) is 3. The largest absolute Gasteiger partial charge is 0.373 e. The summed E-state index contributed by atoms with van der Waals surface area (Å²) in [6.45, 7) is 0.611. The van der Waals surface area contributed by atoms with Crippen molar-refractivity contribution in [1.29, 1.82) is 0 Å². The molecule has 0 aliphatic rings. The highest BCUT2D eigenvalue weighted by molar-refractivity contribution is 7.88. The highest BCUT2D eigenvalue weighted by Crippen LogP contribution is 2.17. The zero-order valence-electron chi connectivity index (χ0n) is 11.2. The van der Waals surface area contributed by atoms with Gasteiger partial charge in [-0.15, -0.1) is 0 Å². The maximum Gasteiger partial charge on any atom is 0.252 e. The van der Waals surface area contributed by atoms with Crippen molar-refractivity contribution in [2.75, 3.05) is 31.7 Å². The van der Waals surface area contributed by atoms with Crippen LogP contribution >= 0.6 is 11.6 Å². The highest BCUT2D eigenvalue weighted by atomic mass is 35.5. The van der Waals surface area contributed by atoms with Crippen LogP contribution in [0.25, 0.3) is 0 Å². The van der Waals surface area contributed by atoms with Crippen LogP contribution < -0.4 is 15.4 Å². The van der Waals surface area contributed by atoms with E-state index in [1.54, 1.807) is 13.1 Å². The number of amides is 1. The molecule has 0 aliphatic heterocycles. The van der Waals surface area contributed by atoms with Crippen molar-refractivity contribution in [1.82, 2.24) is 15.0 Å². The molecule has 3 N–H and O–H groups in total. The van der Waals surface area contributed by atoms with Gasteiger partial charge in [0.15, 0.2) is 0 Å². The molecule has 0 bridgehead atoms. The summed E-state index contributed by atoms with van der Waals surface area (Å²) in [4.78, 5) is 15.9. The van der Waals surface area contributed by atoms with E-state index in [1.807, 2.05) is 0 Å². The molecule has 1 heterocycles. The lowest BCUT2D eigenvalue weighted by Gasteiger charge is -2.08. The molecule has 0 fully saturated rings. The van der Waals surface area contributed by atoms with Crippen molar-refractivity contribution in [3.05, 3.63) is 22.8 Å². The monoisotopic (exact) mass is 320 g/mol. The first-order chi connectivity index (χ1) is 9.33. The molecule has 0 atom stereocenters. The first-order valence-electron chi connectivity index (χ1n) is 5.89. The fraction of sp³-hybridized carbons (Fsp3) is 0.455. The summed E-state index contributed by atoms with van der Waals surface area (Å²) in [5, 5.41) is 5.74. The molecule has 1 aromatic rings. The summed E-state index contributed by atoms with van der Waals surface area (Å²) < 4.78 is 24.0.